The van der Waals surface area contributed by atoms with Crippen molar-refractivity contribution in [3.05, 3.63) is 29.8 Å². The van der Waals surface area contributed by atoms with Crippen LogP contribution in [0.3, 0.4) is 0 Å². The van der Waals surface area contributed by atoms with E-state index in [1.165, 1.54) is 0 Å². The highest BCUT2D eigenvalue weighted by molar-refractivity contribution is 5.85. The van der Waals surface area contributed by atoms with E-state index < -0.39 is 0 Å². The van der Waals surface area contributed by atoms with Crippen LogP contribution in [0.2, 0.25) is 0 Å². The molecule has 7 heteroatoms. The molecule has 2 N–H and O–H groups in total. The Balaban J connectivity index is 2.02. The number of hydrogen-bond acceptors (Lipinski definition) is 4. The average molecular weight is 419 g/mol. The van der Waals surface area contributed by atoms with E-state index in [1.54, 1.807) is 12.0 Å². The number of carbonyl (C=O) groups excluding carboxylic acids is 1. The molecule has 1 aromatic carbocycles. The first-order valence-electron chi connectivity index (χ1n) is 11.0. The minimum absolute atomic E-state index is 0.207. The number of nitrogens with zero attached hydrogens (tertiary/aromatic N) is 2. The van der Waals surface area contributed by atoms with Gasteiger partial charge in [0.1, 0.15) is 5.75 Å². The quantitative estimate of drug-likeness (QED) is 0.328. The Morgan fingerprint density at radius 2 is 1.87 bits per heavy atom. The number of amides is 1. The van der Waals surface area contributed by atoms with Crippen LogP contribution in [-0.2, 0) is 16.1 Å². The van der Waals surface area contributed by atoms with Gasteiger partial charge in [-0.05, 0) is 43.9 Å². The Morgan fingerprint density at radius 3 is 2.47 bits per heavy atom. The molecule has 7 nitrogen and oxygen atoms in total. The van der Waals surface area contributed by atoms with Gasteiger partial charge in [0.15, 0.2) is 5.96 Å². The zero-order valence-electron chi connectivity index (χ0n) is 19.0. The number of ether oxygens (including phenoxy) is 2. The van der Waals surface area contributed by atoms with E-state index in [2.05, 4.69) is 10.6 Å². The van der Waals surface area contributed by atoms with Crippen molar-refractivity contribution in [2.24, 2.45) is 10.4 Å². The summed E-state index contributed by atoms with van der Waals surface area (Å²) in [6, 6.07) is 7.92. The number of hydrogen-bond donors (Lipinski definition) is 2. The lowest BCUT2D eigenvalue weighted by atomic mass is 9.84. The molecule has 1 fully saturated rings. The molecule has 1 saturated carbocycles. The Morgan fingerprint density at radius 1 is 1.17 bits per heavy atom. The fraction of sp³-hybridized carbons (Fsp3) is 0.652. The van der Waals surface area contributed by atoms with Gasteiger partial charge >= 0.3 is 0 Å². The third kappa shape index (κ3) is 7.20. The standard InChI is InChI=1S/C23H38N4O3/c1-5-30-16-8-15-24-22(25-17-19-9-11-20(29-4)12-10-19)26-18-23(13-6-7-14-23)21(28)27(2)3/h9-12H,5-8,13-18H2,1-4H3,(H2,24,25,26). The summed E-state index contributed by atoms with van der Waals surface area (Å²) >= 11 is 0. The highest BCUT2D eigenvalue weighted by atomic mass is 16.5. The van der Waals surface area contributed by atoms with Gasteiger partial charge in [-0.25, -0.2) is 4.99 Å². The highest BCUT2D eigenvalue weighted by Crippen LogP contribution is 2.38. The van der Waals surface area contributed by atoms with Crippen molar-refractivity contribution in [2.75, 3.05) is 47.5 Å². The molecule has 0 aliphatic heterocycles. The Bertz CT molecular complexity index is 668. The fourth-order valence-corrected chi connectivity index (χ4v) is 3.85. The normalized spacial score (nSPS) is 15.7. The first kappa shape index (κ1) is 24.0. The number of nitrogens with one attached hydrogen (secondary N) is 2. The predicted octanol–water partition coefficient (Wildman–Crippen LogP) is 2.81. The smallest absolute Gasteiger partial charge is 0.230 e. The molecule has 1 aliphatic rings. The fourth-order valence-electron chi connectivity index (χ4n) is 3.85. The second-order valence-electron chi connectivity index (χ2n) is 8.03. The molecule has 1 amide bonds. The van der Waals surface area contributed by atoms with Gasteiger partial charge in [0.25, 0.3) is 0 Å². The SMILES string of the molecule is CCOCCCNC(=NCc1ccc(OC)cc1)NCC1(C(=O)N(C)C)CCCC1. The molecule has 0 atom stereocenters. The van der Waals surface area contributed by atoms with Gasteiger partial charge in [0, 0.05) is 40.4 Å². The molecule has 0 radical (unpaired) electrons. The van der Waals surface area contributed by atoms with Gasteiger partial charge in [-0.15, -0.1) is 0 Å². The zero-order chi connectivity index (χ0) is 21.8. The van der Waals surface area contributed by atoms with E-state index in [1.807, 2.05) is 45.3 Å². The topological polar surface area (TPSA) is 75.2 Å². The second kappa shape index (κ2) is 12.4. The van der Waals surface area contributed by atoms with Crippen molar-refractivity contribution >= 4 is 11.9 Å². The minimum atomic E-state index is -0.336. The lowest BCUT2D eigenvalue weighted by Gasteiger charge is -2.31. The highest BCUT2D eigenvalue weighted by Gasteiger charge is 2.42. The zero-order valence-corrected chi connectivity index (χ0v) is 19.0. The van der Waals surface area contributed by atoms with Crippen LogP contribution >= 0.6 is 0 Å². The van der Waals surface area contributed by atoms with Crippen LogP contribution in [0, 0.1) is 5.41 Å². The Labute approximate surface area is 181 Å². The monoisotopic (exact) mass is 418 g/mol. The molecular formula is C23H38N4O3. The Kier molecular flexibility index (Phi) is 9.94. The van der Waals surface area contributed by atoms with Gasteiger partial charge in [-0.1, -0.05) is 25.0 Å². The first-order valence-corrected chi connectivity index (χ1v) is 11.0. The van der Waals surface area contributed by atoms with Crippen molar-refractivity contribution in [1.29, 1.82) is 0 Å². The van der Waals surface area contributed by atoms with Crippen LogP contribution in [0.4, 0.5) is 0 Å². The summed E-state index contributed by atoms with van der Waals surface area (Å²) in [5.41, 5.74) is 0.767. The molecule has 0 spiro atoms. The average Bonchev–Trinajstić information content (AvgIpc) is 3.24. The summed E-state index contributed by atoms with van der Waals surface area (Å²) in [5, 5.41) is 6.84. The van der Waals surface area contributed by atoms with Crippen LogP contribution in [0.1, 0.15) is 44.6 Å². The molecule has 168 valence electrons. The minimum Gasteiger partial charge on any atom is -0.497 e. The molecular weight excluding hydrogens is 380 g/mol. The van der Waals surface area contributed by atoms with Crippen LogP contribution in [0.25, 0.3) is 0 Å². The maximum absolute atomic E-state index is 12.8. The lowest BCUT2D eigenvalue weighted by molar-refractivity contribution is -0.138. The molecule has 2 rings (SSSR count). The lowest BCUT2D eigenvalue weighted by Crippen LogP contribution is -2.49. The number of carbonyl (C=O) groups is 1. The van der Waals surface area contributed by atoms with Gasteiger partial charge in [0.05, 0.1) is 19.1 Å². The van der Waals surface area contributed by atoms with E-state index in [9.17, 15) is 4.79 Å². The number of benzene rings is 1. The largest absolute Gasteiger partial charge is 0.497 e. The van der Waals surface area contributed by atoms with Crippen molar-refractivity contribution in [3.8, 4) is 5.75 Å². The van der Waals surface area contributed by atoms with Crippen molar-refractivity contribution in [2.45, 2.75) is 45.6 Å². The maximum Gasteiger partial charge on any atom is 0.230 e. The number of guanidine groups is 1. The molecule has 0 unspecified atom stereocenters. The Hall–Kier alpha value is -2.28. The number of aliphatic imine (C=N–C) groups is 1. The molecule has 30 heavy (non-hydrogen) atoms. The third-order valence-corrected chi connectivity index (χ3v) is 5.56. The van der Waals surface area contributed by atoms with Gasteiger partial charge < -0.3 is 25.0 Å². The molecule has 0 saturated heterocycles. The summed E-state index contributed by atoms with van der Waals surface area (Å²) < 4.78 is 10.6. The van der Waals surface area contributed by atoms with Crippen LogP contribution in [0.5, 0.6) is 5.75 Å². The van der Waals surface area contributed by atoms with E-state index in [0.717, 1.165) is 69.1 Å². The van der Waals surface area contributed by atoms with E-state index in [0.29, 0.717) is 13.1 Å². The maximum atomic E-state index is 12.8. The van der Waals surface area contributed by atoms with Crippen molar-refractivity contribution < 1.29 is 14.3 Å². The summed E-state index contributed by atoms with van der Waals surface area (Å²) in [5.74, 6) is 1.78. The summed E-state index contributed by atoms with van der Waals surface area (Å²) in [4.78, 5) is 19.3. The number of rotatable bonds is 11. The molecule has 0 heterocycles. The van der Waals surface area contributed by atoms with Crippen molar-refractivity contribution in [3.63, 3.8) is 0 Å². The van der Waals surface area contributed by atoms with E-state index >= 15 is 0 Å². The second-order valence-corrected chi connectivity index (χ2v) is 8.03. The summed E-state index contributed by atoms with van der Waals surface area (Å²) in [7, 11) is 5.34. The van der Waals surface area contributed by atoms with E-state index in [4.69, 9.17) is 14.5 Å². The molecule has 1 aliphatic carbocycles. The third-order valence-electron chi connectivity index (χ3n) is 5.56. The van der Waals surface area contributed by atoms with Gasteiger partial charge in [-0.3, -0.25) is 4.79 Å². The first-order chi connectivity index (χ1) is 14.5. The molecule has 0 bridgehead atoms. The van der Waals surface area contributed by atoms with Crippen LogP contribution in [0.15, 0.2) is 29.3 Å². The summed E-state index contributed by atoms with van der Waals surface area (Å²) in [6.07, 6.45) is 4.95. The summed E-state index contributed by atoms with van der Waals surface area (Å²) in [6.45, 7) is 5.37. The van der Waals surface area contributed by atoms with Crippen LogP contribution in [-0.4, -0.2) is 64.3 Å². The van der Waals surface area contributed by atoms with Gasteiger partial charge in [0.2, 0.25) is 5.91 Å². The van der Waals surface area contributed by atoms with Crippen LogP contribution < -0.4 is 15.4 Å². The predicted molar refractivity (Wildman–Crippen MR) is 121 cm³/mol. The van der Waals surface area contributed by atoms with E-state index in [-0.39, 0.29) is 11.3 Å². The van der Waals surface area contributed by atoms with Crippen molar-refractivity contribution in [1.82, 2.24) is 15.5 Å². The van der Waals surface area contributed by atoms with Gasteiger partial charge in [-0.2, -0.15) is 0 Å². The number of methoxy groups -OCH3 is 1. The molecule has 0 aromatic heterocycles. The molecule has 1 aromatic rings.